The van der Waals surface area contributed by atoms with Gasteiger partial charge in [-0.1, -0.05) is 12.8 Å². The van der Waals surface area contributed by atoms with E-state index >= 15 is 0 Å². The minimum Gasteiger partial charge on any atom is -0.350 e. The highest BCUT2D eigenvalue weighted by Gasteiger charge is 2.26. The summed E-state index contributed by atoms with van der Waals surface area (Å²) < 4.78 is 0. The van der Waals surface area contributed by atoms with Crippen molar-refractivity contribution in [3.8, 4) is 0 Å². The average Bonchev–Trinajstić information content (AvgIpc) is 2.55. The number of hydrogen-bond acceptors (Lipinski definition) is 2. The van der Waals surface area contributed by atoms with Gasteiger partial charge in [-0.05, 0) is 26.7 Å². The number of carbonyl (C=O) groups excluding carboxylic acids is 1. The first-order chi connectivity index (χ1) is 6.05. The number of hydrogen-bond donors (Lipinski definition) is 2. The van der Waals surface area contributed by atoms with E-state index in [1.165, 1.54) is 12.8 Å². The molecule has 3 heteroatoms. The van der Waals surface area contributed by atoms with Gasteiger partial charge in [0.1, 0.15) is 0 Å². The Labute approximate surface area is 80.1 Å². The minimum absolute atomic E-state index is 0.188. The Bertz CT molecular complexity index is 183. The van der Waals surface area contributed by atoms with Crippen molar-refractivity contribution in [1.82, 2.24) is 5.32 Å². The molecule has 0 unspecified atom stereocenters. The van der Waals surface area contributed by atoms with Gasteiger partial charge < -0.3 is 11.1 Å². The smallest absolute Gasteiger partial charge is 0.223 e. The topological polar surface area (TPSA) is 55.1 Å². The predicted molar refractivity (Wildman–Crippen MR) is 53.2 cm³/mol. The van der Waals surface area contributed by atoms with Crippen molar-refractivity contribution in [2.45, 2.75) is 45.1 Å². The van der Waals surface area contributed by atoms with E-state index in [1.54, 1.807) is 0 Å². The molecule has 0 atom stereocenters. The molecule has 0 spiro atoms. The molecule has 0 radical (unpaired) electrons. The lowest BCUT2D eigenvalue weighted by Crippen LogP contribution is -2.50. The van der Waals surface area contributed by atoms with Crippen LogP contribution in [-0.2, 0) is 4.79 Å². The maximum atomic E-state index is 11.7. The highest BCUT2D eigenvalue weighted by molar-refractivity contribution is 5.79. The van der Waals surface area contributed by atoms with E-state index in [0.717, 1.165) is 12.8 Å². The maximum absolute atomic E-state index is 11.7. The van der Waals surface area contributed by atoms with E-state index in [9.17, 15) is 4.79 Å². The normalized spacial score (nSPS) is 19.0. The molecule has 0 bridgehead atoms. The van der Waals surface area contributed by atoms with Crippen molar-refractivity contribution in [2.24, 2.45) is 11.7 Å². The highest BCUT2D eigenvalue weighted by atomic mass is 16.2. The Morgan fingerprint density at radius 3 is 2.46 bits per heavy atom. The Balaban J connectivity index is 2.40. The van der Waals surface area contributed by atoms with Gasteiger partial charge in [-0.2, -0.15) is 0 Å². The molecule has 0 aromatic carbocycles. The average molecular weight is 184 g/mol. The minimum atomic E-state index is -0.250. The number of nitrogens with one attached hydrogen (secondary N) is 1. The Hall–Kier alpha value is -0.570. The van der Waals surface area contributed by atoms with E-state index in [-0.39, 0.29) is 17.4 Å². The summed E-state index contributed by atoms with van der Waals surface area (Å²) in [5, 5.41) is 2.98. The molecule has 76 valence electrons. The van der Waals surface area contributed by atoms with E-state index in [2.05, 4.69) is 5.32 Å². The first kappa shape index (κ1) is 10.5. The van der Waals surface area contributed by atoms with Gasteiger partial charge in [-0.25, -0.2) is 0 Å². The zero-order chi connectivity index (χ0) is 9.90. The Morgan fingerprint density at radius 2 is 2.00 bits per heavy atom. The molecule has 1 aliphatic rings. The second kappa shape index (κ2) is 4.09. The summed E-state index contributed by atoms with van der Waals surface area (Å²) in [4.78, 5) is 11.7. The number of rotatable bonds is 3. The number of amides is 1. The largest absolute Gasteiger partial charge is 0.350 e. The fourth-order valence-electron chi connectivity index (χ4n) is 1.67. The lowest BCUT2D eigenvalue weighted by atomic mass is 10.0. The molecule has 0 aromatic rings. The Kier molecular flexibility index (Phi) is 3.31. The lowest BCUT2D eigenvalue weighted by molar-refractivity contribution is -0.126. The monoisotopic (exact) mass is 184 g/mol. The molecule has 1 rings (SSSR count). The van der Waals surface area contributed by atoms with Gasteiger partial charge in [0.05, 0.1) is 0 Å². The van der Waals surface area contributed by atoms with Crippen LogP contribution in [0, 0.1) is 5.92 Å². The van der Waals surface area contributed by atoms with E-state index in [4.69, 9.17) is 5.73 Å². The summed E-state index contributed by atoms with van der Waals surface area (Å²) in [5.74, 6) is 0.429. The third-order valence-corrected chi connectivity index (χ3v) is 2.70. The Morgan fingerprint density at radius 1 is 1.46 bits per heavy atom. The van der Waals surface area contributed by atoms with Crippen LogP contribution in [0.25, 0.3) is 0 Å². The predicted octanol–water partition coefficient (Wildman–Crippen LogP) is 1.03. The van der Waals surface area contributed by atoms with Crippen LogP contribution < -0.4 is 11.1 Å². The van der Waals surface area contributed by atoms with Crippen LogP contribution in [0.15, 0.2) is 0 Å². The standard InChI is InChI=1S/C10H20N2O/c1-10(2,7-11)12-9(13)8-5-3-4-6-8/h8H,3-7,11H2,1-2H3,(H,12,13). The number of nitrogens with two attached hydrogens (primary N) is 1. The zero-order valence-electron chi connectivity index (χ0n) is 8.60. The zero-order valence-corrected chi connectivity index (χ0v) is 8.60. The summed E-state index contributed by atoms with van der Waals surface area (Å²) >= 11 is 0. The molecular formula is C10H20N2O. The second-order valence-electron chi connectivity index (χ2n) is 4.56. The second-order valence-corrected chi connectivity index (χ2v) is 4.56. The van der Waals surface area contributed by atoms with Gasteiger partial charge in [0.2, 0.25) is 5.91 Å². The van der Waals surface area contributed by atoms with Gasteiger partial charge >= 0.3 is 0 Å². The molecule has 0 heterocycles. The van der Waals surface area contributed by atoms with Crippen LogP contribution in [0.5, 0.6) is 0 Å². The number of carbonyl (C=O) groups is 1. The molecule has 0 aliphatic heterocycles. The van der Waals surface area contributed by atoms with Crippen molar-refractivity contribution in [1.29, 1.82) is 0 Å². The molecule has 1 fully saturated rings. The lowest BCUT2D eigenvalue weighted by Gasteiger charge is -2.26. The van der Waals surface area contributed by atoms with E-state index in [0.29, 0.717) is 6.54 Å². The molecular weight excluding hydrogens is 164 g/mol. The maximum Gasteiger partial charge on any atom is 0.223 e. The summed E-state index contributed by atoms with van der Waals surface area (Å²) in [7, 11) is 0. The fourth-order valence-corrected chi connectivity index (χ4v) is 1.67. The highest BCUT2D eigenvalue weighted by Crippen LogP contribution is 2.25. The van der Waals surface area contributed by atoms with Crippen LogP contribution in [0.4, 0.5) is 0 Å². The first-order valence-electron chi connectivity index (χ1n) is 5.07. The van der Waals surface area contributed by atoms with Crippen molar-refractivity contribution >= 4 is 5.91 Å². The molecule has 3 nitrogen and oxygen atoms in total. The molecule has 1 aliphatic carbocycles. The summed E-state index contributed by atoms with van der Waals surface area (Å²) in [6, 6.07) is 0. The van der Waals surface area contributed by atoms with Crippen LogP contribution in [0.1, 0.15) is 39.5 Å². The van der Waals surface area contributed by atoms with Crippen LogP contribution in [-0.4, -0.2) is 18.0 Å². The molecule has 1 amide bonds. The molecule has 0 saturated heterocycles. The molecule has 0 aromatic heterocycles. The quantitative estimate of drug-likeness (QED) is 0.688. The van der Waals surface area contributed by atoms with Gasteiger partial charge in [0.25, 0.3) is 0 Å². The van der Waals surface area contributed by atoms with E-state index < -0.39 is 0 Å². The fraction of sp³-hybridized carbons (Fsp3) is 0.900. The molecule has 1 saturated carbocycles. The van der Waals surface area contributed by atoms with E-state index in [1.807, 2.05) is 13.8 Å². The van der Waals surface area contributed by atoms with Crippen molar-refractivity contribution in [3.05, 3.63) is 0 Å². The third kappa shape index (κ3) is 2.99. The van der Waals surface area contributed by atoms with Gasteiger partial charge in [0.15, 0.2) is 0 Å². The molecule has 13 heavy (non-hydrogen) atoms. The van der Waals surface area contributed by atoms with Crippen molar-refractivity contribution in [3.63, 3.8) is 0 Å². The summed E-state index contributed by atoms with van der Waals surface area (Å²) in [6.07, 6.45) is 4.49. The van der Waals surface area contributed by atoms with Gasteiger partial charge in [-0.3, -0.25) is 4.79 Å². The van der Waals surface area contributed by atoms with Crippen LogP contribution in [0.2, 0.25) is 0 Å². The van der Waals surface area contributed by atoms with Crippen molar-refractivity contribution < 1.29 is 4.79 Å². The van der Waals surface area contributed by atoms with Gasteiger partial charge in [0, 0.05) is 18.0 Å². The van der Waals surface area contributed by atoms with Crippen LogP contribution in [0.3, 0.4) is 0 Å². The SMILES string of the molecule is CC(C)(CN)NC(=O)C1CCCC1. The third-order valence-electron chi connectivity index (χ3n) is 2.70. The summed E-state index contributed by atoms with van der Waals surface area (Å²) in [5.41, 5.74) is 5.29. The van der Waals surface area contributed by atoms with Crippen molar-refractivity contribution in [2.75, 3.05) is 6.54 Å². The van der Waals surface area contributed by atoms with Crippen LogP contribution >= 0.6 is 0 Å². The molecule has 3 N–H and O–H groups in total. The summed E-state index contributed by atoms with van der Waals surface area (Å²) in [6.45, 7) is 4.41. The first-order valence-corrected chi connectivity index (χ1v) is 5.07. The van der Waals surface area contributed by atoms with Gasteiger partial charge in [-0.15, -0.1) is 0 Å².